The van der Waals surface area contributed by atoms with Crippen LogP contribution in [0.25, 0.3) is 0 Å². The molecule has 1 fully saturated rings. The summed E-state index contributed by atoms with van der Waals surface area (Å²) in [4.78, 5) is 95.9. The summed E-state index contributed by atoms with van der Waals surface area (Å²) < 4.78 is 43.9. The molecule has 426 valence electrons. The fourth-order valence-corrected chi connectivity index (χ4v) is 9.06. The molecule has 1 aromatic rings. The number of amides is 6. The second-order valence-electron chi connectivity index (χ2n) is 21.2. The highest BCUT2D eigenvalue weighted by molar-refractivity contribution is 6.14. The number of imide groups is 1. The first-order valence-corrected chi connectivity index (χ1v) is 25.9. The number of ether oxygens (including phenoxy) is 2. The van der Waals surface area contributed by atoms with E-state index in [1.807, 2.05) is 72.1 Å². The van der Waals surface area contributed by atoms with Crippen molar-refractivity contribution in [2.24, 2.45) is 17.8 Å². The van der Waals surface area contributed by atoms with Crippen LogP contribution in [0.4, 0.5) is 18.9 Å². The third kappa shape index (κ3) is 20.4. The average molecular weight is 1070 g/mol. The maximum absolute atomic E-state index is 14.4. The number of halogens is 3. The first kappa shape index (κ1) is 66.0. The number of anilines is 1. The zero-order valence-electron chi connectivity index (χ0n) is 47.0. The number of carbonyl (C=O) groups is 7. The zero-order chi connectivity index (χ0) is 57.1. The monoisotopic (exact) mass is 1070 g/mol. The molecule has 2 aliphatic rings. The van der Waals surface area contributed by atoms with Gasteiger partial charge >= 0.3 is 12.1 Å². The van der Waals surface area contributed by atoms with Crippen molar-refractivity contribution >= 4 is 47.1 Å². The number of carboxylic acid groups (broad SMARTS) is 1. The Morgan fingerprint density at radius 1 is 0.880 bits per heavy atom. The standard InChI is InChI=1S/C51H87N9O8.C2HF3O2/c1-16-34(4)47(58(13)50(66)46(33(2)3)54-32-51(8,9)56(10)11)41(67-14)28-45(64)59-25-18-21-40(59)48(68-15)37(7)49(65)57(12)26-24-38-19-17-20-39(27-38)53-29-35(5)52-30-36(6)55-42(61)31-60-43(62)22-23-44(60)63;3-2(4,5)1(6)7/h17,19-20,22-23,27,33-37,40-41,46-48,52-54H,16,18,21,24-26,28-32H2,1-15H3,(H,55,61);(H,6,7)/t34-,35-,36-,37+,40-,41+,46-,47-,48+;/m0./s1. The van der Waals surface area contributed by atoms with Gasteiger partial charge in [-0.1, -0.05) is 53.2 Å². The maximum Gasteiger partial charge on any atom is 0.490 e. The lowest BCUT2D eigenvalue weighted by Crippen LogP contribution is -2.59. The second-order valence-corrected chi connectivity index (χ2v) is 21.2. The molecule has 2 aliphatic heterocycles. The van der Waals surface area contributed by atoms with Crippen LogP contribution in [-0.2, 0) is 49.5 Å². The predicted molar refractivity (Wildman–Crippen MR) is 281 cm³/mol. The number of carbonyl (C=O) groups excluding carboxylic acids is 6. The smallest absolute Gasteiger partial charge is 0.475 e. The molecule has 2 heterocycles. The van der Waals surface area contributed by atoms with E-state index in [9.17, 15) is 41.9 Å². The summed E-state index contributed by atoms with van der Waals surface area (Å²) in [7, 11) is 10.9. The zero-order valence-corrected chi connectivity index (χ0v) is 47.0. The molecule has 0 unspecified atom stereocenters. The van der Waals surface area contributed by atoms with E-state index in [2.05, 4.69) is 73.8 Å². The van der Waals surface area contributed by atoms with Crippen LogP contribution in [-0.4, -0.2) is 207 Å². The molecule has 19 nitrogen and oxygen atoms in total. The summed E-state index contributed by atoms with van der Waals surface area (Å²) in [5.74, 6) is -4.69. The molecule has 22 heteroatoms. The summed E-state index contributed by atoms with van der Waals surface area (Å²) >= 11 is 0. The number of aliphatic carboxylic acids is 1. The minimum Gasteiger partial charge on any atom is -0.475 e. The van der Waals surface area contributed by atoms with Gasteiger partial charge in [-0.2, -0.15) is 13.2 Å². The first-order valence-electron chi connectivity index (χ1n) is 25.9. The van der Waals surface area contributed by atoms with E-state index in [1.165, 1.54) is 0 Å². The Labute approximate surface area is 443 Å². The molecule has 0 bridgehead atoms. The van der Waals surface area contributed by atoms with Crippen molar-refractivity contribution in [2.75, 3.05) is 87.0 Å². The molecular weight excluding hydrogens is 980 g/mol. The topological polar surface area (TPSA) is 222 Å². The normalized spacial score (nSPS) is 18.2. The lowest BCUT2D eigenvalue weighted by molar-refractivity contribution is -0.192. The maximum atomic E-state index is 14.4. The molecule has 0 saturated carbocycles. The Bertz CT molecular complexity index is 2060. The molecule has 1 aromatic carbocycles. The molecule has 1 saturated heterocycles. The first-order chi connectivity index (χ1) is 34.9. The second kappa shape index (κ2) is 30.5. The lowest BCUT2D eigenvalue weighted by atomic mass is 9.89. The fourth-order valence-electron chi connectivity index (χ4n) is 9.06. The van der Waals surface area contributed by atoms with Gasteiger partial charge in [0.2, 0.25) is 23.6 Å². The van der Waals surface area contributed by atoms with E-state index in [1.54, 1.807) is 24.0 Å². The number of hydrogen-bond donors (Lipinski definition) is 5. The van der Waals surface area contributed by atoms with Crippen LogP contribution in [0.2, 0.25) is 0 Å². The molecule has 0 radical (unpaired) electrons. The summed E-state index contributed by atoms with van der Waals surface area (Å²) in [6.45, 7) is 20.9. The van der Waals surface area contributed by atoms with Gasteiger partial charge in [0.25, 0.3) is 11.8 Å². The highest BCUT2D eigenvalue weighted by Crippen LogP contribution is 2.30. The largest absolute Gasteiger partial charge is 0.490 e. The number of nitrogens with zero attached hydrogens (tertiary/aromatic N) is 5. The number of nitrogens with one attached hydrogen (secondary N) is 4. The van der Waals surface area contributed by atoms with Gasteiger partial charge in [-0.3, -0.25) is 33.7 Å². The number of likely N-dealkylation sites (N-methyl/N-ethyl adjacent to an activating group) is 3. The fraction of sp³-hybridized carbons (Fsp3) is 0.717. The van der Waals surface area contributed by atoms with Crippen LogP contribution < -0.4 is 21.3 Å². The molecule has 0 aliphatic carbocycles. The van der Waals surface area contributed by atoms with Gasteiger partial charge in [-0.25, -0.2) is 4.79 Å². The van der Waals surface area contributed by atoms with E-state index < -0.39 is 54.0 Å². The summed E-state index contributed by atoms with van der Waals surface area (Å²) in [6, 6.07) is 6.90. The van der Waals surface area contributed by atoms with E-state index in [0.29, 0.717) is 45.6 Å². The molecule has 0 aromatic heterocycles. The lowest BCUT2D eigenvalue weighted by Gasteiger charge is -2.41. The van der Waals surface area contributed by atoms with Crippen LogP contribution in [0.1, 0.15) is 93.6 Å². The van der Waals surface area contributed by atoms with Crippen molar-refractivity contribution in [3.05, 3.63) is 42.0 Å². The molecular formula is C53H88F3N9O10. The quantitative estimate of drug-likeness (QED) is 0.0716. The Hall–Kier alpha value is -5.16. The highest BCUT2D eigenvalue weighted by Gasteiger charge is 2.43. The van der Waals surface area contributed by atoms with Gasteiger partial charge in [0.05, 0.1) is 42.7 Å². The van der Waals surface area contributed by atoms with Crippen LogP contribution in [0.3, 0.4) is 0 Å². The third-order valence-electron chi connectivity index (χ3n) is 14.4. The van der Waals surface area contributed by atoms with Gasteiger partial charge in [-0.05, 0) is 90.6 Å². The number of carboxylic acids is 1. The van der Waals surface area contributed by atoms with Crippen LogP contribution in [0, 0.1) is 17.8 Å². The van der Waals surface area contributed by atoms with Crippen molar-refractivity contribution < 1.29 is 61.3 Å². The van der Waals surface area contributed by atoms with E-state index in [-0.39, 0.29) is 72.2 Å². The van der Waals surface area contributed by atoms with Crippen LogP contribution >= 0.6 is 0 Å². The van der Waals surface area contributed by atoms with Crippen molar-refractivity contribution in [3.8, 4) is 0 Å². The van der Waals surface area contributed by atoms with Crippen molar-refractivity contribution in [1.29, 1.82) is 0 Å². The van der Waals surface area contributed by atoms with Crippen molar-refractivity contribution in [1.82, 2.24) is 40.4 Å². The molecule has 3 rings (SSSR count). The van der Waals surface area contributed by atoms with Crippen LogP contribution in [0.15, 0.2) is 36.4 Å². The highest BCUT2D eigenvalue weighted by atomic mass is 19.4. The van der Waals surface area contributed by atoms with Gasteiger partial charge in [-0.15, -0.1) is 0 Å². The summed E-state index contributed by atoms with van der Waals surface area (Å²) in [5.41, 5.74) is 1.86. The van der Waals surface area contributed by atoms with Gasteiger partial charge < -0.3 is 55.4 Å². The van der Waals surface area contributed by atoms with Crippen molar-refractivity contribution in [2.45, 2.75) is 149 Å². The van der Waals surface area contributed by atoms with E-state index >= 15 is 0 Å². The molecule has 6 amide bonds. The number of likely N-dealkylation sites (tertiary alicyclic amines) is 1. The van der Waals surface area contributed by atoms with Crippen LogP contribution in [0.5, 0.6) is 0 Å². The van der Waals surface area contributed by atoms with Gasteiger partial charge in [0.15, 0.2) is 0 Å². The Balaban J connectivity index is 0.00000256. The minimum atomic E-state index is -5.08. The van der Waals surface area contributed by atoms with E-state index in [0.717, 1.165) is 41.1 Å². The SMILES string of the molecule is CC[C@H](C)[C@@H]([C@@H](CC(=O)N1CCC[C@H]1[C@H](OC)[C@@H](C)C(=O)N(C)CCc1cccc(NC[C@H](C)NC[C@H](C)NC(=O)CN2C(=O)C=CC2=O)c1)OC)N(C)C(=O)[C@@H](NCC(C)(C)N(C)C)C(C)C.O=C(O)C(F)(F)F. The number of benzene rings is 1. The Morgan fingerprint density at radius 3 is 2.03 bits per heavy atom. The predicted octanol–water partition coefficient (Wildman–Crippen LogP) is 4.02. The molecule has 0 spiro atoms. The Kier molecular flexibility index (Phi) is 26.9. The van der Waals surface area contributed by atoms with Gasteiger partial charge in [0.1, 0.15) is 6.54 Å². The summed E-state index contributed by atoms with van der Waals surface area (Å²) in [5, 5.41) is 20.4. The number of hydrogen-bond acceptors (Lipinski definition) is 13. The number of rotatable bonds is 29. The minimum absolute atomic E-state index is 0.0193. The molecule has 5 N–H and O–H groups in total. The van der Waals surface area contributed by atoms with E-state index in [4.69, 9.17) is 19.4 Å². The molecule has 75 heavy (non-hydrogen) atoms. The number of methoxy groups -OCH3 is 2. The third-order valence-corrected chi connectivity index (χ3v) is 14.4. The number of alkyl halides is 3. The summed E-state index contributed by atoms with van der Waals surface area (Å²) in [6.07, 6.45) is -0.766. The van der Waals surface area contributed by atoms with Crippen molar-refractivity contribution in [3.63, 3.8) is 0 Å². The Morgan fingerprint density at radius 2 is 1.49 bits per heavy atom. The average Bonchev–Trinajstić information content (AvgIpc) is 3.96. The molecule has 9 atom stereocenters. The van der Waals surface area contributed by atoms with Gasteiger partial charge in [0, 0.05) is 96.5 Å².